The number of hydrogen-bond donors (Lipinski definition) is 0. The van der Waals surface area contributed by atoms with Crippen molar-refractivity contribution in [3.05, 3.63) is 46.0 Å². The Morgan fingerprint density at radius 2 is 1.89 bits per heavy atom. The minimum absolute atomic E-state index is 0.415. The lowest BCUT2D eigenvalue weighted by molar-refractivity contribution is -0.538. The van der Waals surface area contributed by atoms with Crippen molar-refractivity contribution in [2.75, 3.05) is 7.05 Å². The first-order valence-corrected chi connectivity index (χ1v) is 5.47. The first-order chi connectivity index (χ1) is 8.82. The number of halogens is 3. The lowest BCUT2D eigenvalue weighted by atomic mass is 9.96. The van der Waals surface area contributed by atoms with Gasteiger partial charge in [0, 0.05) is 12.0 Å². The highest BCUT2D eigenvalue weighted by atomic mass is 19.4. The molecule has 1 saturated heterocycles. The lowest BCUT2D eigenvalue weighted by Gasteiger charge is -2.18. The molecule has 1 aliphatic heterocycles. The molecular formula is C11H11F3N2O3. The maximum atomic E-state index is 12.8. The Kier molecular flexibility index (Phi) is 3.46. The predicted octanol–water partition coefficient (Wildman–Crippen LogP) is 2.18. The fourth-order valence-corrected chi connectivity index (χ4v) is 2.22. The SMILES string of the molecule is CN1O[C@H](C(F)(F)F)[C@@H]([N+](=O)[O-])[C@@H]1c1ccccc1. The van der Waals surface area contributed by atoms with Crippen LogP contribution >= 0.6 is 0 Å². The maximum Gasteiger partial charge on any atom is 0.423 e. The summed E-state index contributed by atoms with van der Waals surface area (Å²) in [5.41, 5.74) is 0.415. The van der Waals surface area contributed by atoms with E-state index in [2.05, 4.69) is 4.84 Å². The van der Waals surface area contributed by atoms with E-state index in [9.17, 15) is 23.3 Å². The van der Waals surface area contributed by atoms with Crippen LogP contribution in [0.15, 0.2) is 30.3 Å². The third-order valence-electron chi connectivity index (χ3n) is 3.01. The molecule has 8 heteroatoms. The van der Waals surface area contributed by atoms with E-state index in [0.717, 1.165) is 5.06 Å². The number of nitrogens with zero attached hydrogens (tertiary/aromatic N) is 2. The van der Waals surface area contributed by atoms with E-state index in [1.165, 1.54) is 7.05 Å². The van der Waals surface area contributed by atoms with E-state index in [4.69, 9.17) is 0 Å². The second kappa shape index (κ2) is 4.78. The summed E-state index contributed by atoms with van der Waals surface area (Å²) in [6.07, 6.45) is -7.21. The zero-order valence-corrected chi connectivity index (χ0v) is 9.87. The highest BCUT2D eigenvalue weighted by Gasteiger charge is 2.62. The van der Waals surface area contributed by atoms with Crippen molar-refractivity contribution in [1.29, 1.82) is 0 Å². The number of alkyl halides is 3. The summed E-state index contributed by atoms with van der Waals surface area (Å²) in [7, 11) is 1.26. The van der Waals surface area contributed by atoms with Crippen LogP contribution in [0.2, 0.25) is 0 Å². The summed E-state index contributed by atoms with van der Waals surface area (Å²) < 4.78 is 38.3. The van der Waals surface area contributed by atoms with Crippen LogP contribution in [0.4, 0.5) is 13.2 Å². The third-order valence-corrected chi connectivity index (χ3v) is 3.01. The highest BCUT2D eigenvalue weighted by molar-refractivity contribution is 5.21. The van der Waals surface area contributed by atoms with E-state index in [1.807, 2.05) is 0 Å². The third kappa shape index (κ3) is 2.54. The van der Waals surface area contributed by atoms with Gasteiger partial charge in [-0.05, 0) is 5.56 Å². The molecule has 0 bridgehead atoms. The smallest absolute Gasteiger partial charge is 0.278 e. The van der Waals surface area contributed by atoms with Gasteiger partial charge in [0.05, 0.1) is 0 Å². The Morgan fingerprint density at radius 1 is 1.32 bits per heavy atom. The van der Waals surface area contributed by atoms with Crippen molar-refractivity contribution in [3.63, 3.8) is 0 Å². The van der Waals surface area contributed by atoms with Crippen molar-refractivity contribution in [2.45, 2.75) is 24.4 Å². The van der Waals surface area contributed by atoms with Gasteiger partial charge in [-0.2, -0.15) is 18.2 Å². The van der Waals surface area contributed by atoms with E-state index >= 15 is 0 Å². The van der Waals surface area contributed by atoms with E-state index in [0.29, 0.717) is 5.56 Å². The van der Waals surface area contributed by atoms with Gasteiger partial charge in [0.2, 0.25) is 6.10 Å². The topological polar surface area (TPSA) is 55.6 Å². The second-order valence-electron chi connectivity index (χ2n) is 4.25. The first-order valence-electron chi connectivity index (χ1n) is 5.47. The normalized spacial score (nSPS) is 28.5. The molecule has 0 amide bonds. The van der Waals surface area contributed by atoms with Gasteiger partial charge in [-0.15, -0.1) is 0 Å². The maximum absolute atomic E-state index is 12.8. The summed E-state index contributed by atoms with van der Waals surface area (Å²) in [5, 5.41) is 11.9. The molecule has 1 heterocycles. The molecule has 1 aromatic rings. The summed E-state index contributed by atoms with van der Waals surface area (Å²) in [6.45, 7) is 0. The minimum atomic E-state index is -4.78. The van der Waals surface area contributed by atoms with Crippen LogP contribution in [-0.2, 0) is 4.84 Å². The lowest BCUT2D eigenvalue weighted by Crippen LogP contribution is -2.43. The van der Waals surface area contributed by atoms with Crippen molar-refractivity contribution >= 4 is 0 Å². The molecule has 1 aromatic carbocycles. The van der Waals surface area contributed by atoms with Crippen LogP contribution in [0.1, 0.15) is 11.6 Å². The molecule has 19 heavy (non-hydrogen) atoms. The van der Waals surface area contributed by atoms with Gasteiger partial charge in [-0.1, -0.05) is 30.3 Å². The van der Waals surface area contributed by atoms with Crippen LogP contribution < -0.4 is 0 Å². The van der Waals surface area contributed by atoms with E-state index in [1.54, 1.807) is 30.3 Å². The number of hydroxylamine groups is 2. The Morgan fingerprint density at radius 3 is 2.37 bits per heavy atom. The second-order valence-corrected chi connectivity index (χ2v) is 4.25. The Bertz CT molecular complexity index is 466. The molecule has 3 atom stereocenters. The first kappa shape index (κ1) is 13.8. The molecule has 5 nitrogen and oxygen atoms in total. The number of hydrogen-bond acceptors (Lipinski definition) is 4. The molecule has 0 radical (unpaired) electrons. The number of likely N-dealkylation sites (N-methyl/N-ethyl adjacent to an activating group) is 1. The van der Waals surface area contributed by atoms with Gasteiger partial charge in [-0.3, -0.25) is 15.0 Å². The molecule has 0 unspecified atom stereocenters. The molecule has 0 N–H and O–H groups in total. The average Bonchev–Trinajstić information content (AvgIpc) is 2.68. The Hall–Kier alpha value is -1.67. The van der Waals surface area contributed by atoms with Gasteiger partial charge in [-0.25, -0.2) is 0 Å². The highest BCUT2D eigenvalue weighted by Crippen LogP contribution is 2.41. The quantitative estimate of drug-likeness (QED) is 0.613. The molecular weight excluding hydrogens is 265 g/mol. The Balaban J connectivity index is 2.40. The van der Waals surface area contributed by atoms with Crippen molar-refractivity contribution in [2.24, 2.45) is 0 Å². The minimum Gasteiger partial charge on any atom is -0.278 e. The Labute approximate surface area is 106 Å². The van der Waals surface area contributed by atoms with Gasteiger partial charge in [0.15, 0.2) is 0 Å². The molecule has 0 aliphatic carbocycles. The van der Waals surface area contributed by atoms with Gasteiger partial charge in [0.1, 0.15) is 6.04 Å². The molecule has 0 saturated carbocycles. The largest absolute Gasteiger partial charge is 0.423 e. The van der Waals surface area contributed by atoms with E-state index < -0.39 is 29.3 Å². The zero-order chi connectivity index (χ0) is 14.2. The van der Waals surface area contributed by atoms with Crippen LogP contribution in [-0.4, -0.2) is 35.4 Å². The molecule has 0 spiro atoms. The zero-order valence-electron chi connectivity index (χ0n) is 9.87. The van der Waals surface area contributed by atoms with Gasteiger partial charge < -0.3 is 0 Å². The van der Waals surface area contributed by atoms with Crippen molar-refractivity contribution in [3.8, 4) is 0 Å². The summed E-state index contributed by atoms with van der Waals surface area (Å²) in [5.74, 6) is 0. The monoisotopic (exact) mass is 276 g/mol. The molecule has 2 rings (SSSR count). The standard InChI is InChI=1S/C11H11F3N2O3/c1-15-8(7-5-3-2-4-6-7)9(16(17)18)10(19-15)11(12,13)14/h2-6,8-10H,1H3/t8-,9-,10-/m0/s1. The number of rotatable bonds is 2. The molecule has 1 aliphatic rings. The summed E-state index contributed by atoms with van der Waals surface area (Å²) >= 11 is 0. The van der Waals surface area contributed by atoms with Gasteiger partial charge in [0.25, 0.3) is 6.04 Å². The fourth-order valence-electron chi connectivity index (χ4n) is 2.22. The predicted molar refractivity (Wildman–Crippen MR) is 58.7 cm³/mol. The van der Waals surface area contributed by atoms with Crippen LogP contribution in [0.3, 0.4) is 0 Å². The van der Waals surface area contributed by atoms with Crippen LogP contribution in [0.25, 0.3) is 0 Å². The van der Waals surface area contributed by atoms with Crippen LogP contribution in [0, 0.1) is 10.1 Å². The summed E-state index contributed by atoms with van der Waals surface area (Å²) in [6, 6.07) is 5.04. The molecule has 1 fully saturated rings. The van der Waals surface area contributed by atoms with Crippen molar-refractivity contribution in [1.82, 2.24) is 5.06 Å². The number of benzene rings is 1. The van der Waals surface area contributed by atoms with Gasteiger partial charge >= 0.3 is 6.18 Å². The average molecular weight is 276 g/mol. The molecule has 0 aromatic heterocycles. The number of nitro groups is 1. The van der Waals surface area contributed by atoms with Crippen LogP contribution in [0.5, 0.6) is 0 Å². The molecule has 104 valence electrons. The van der Waals surface area contributed by atoms with E-state index in [-0.39, 0.29) is 0 Å². The summed E-state index contributed by atoms with van der Waals surface area (Å²) in [4.78, 5) is 14.7. The fraction of sp³-hybridized carbons (Fsp3) is 0.455. The van der Waals surface area contributed by atoms with Crippen molar-refractivity contribution < 1.29 is 22.9 Å².